The molecular formula is C10H16N2. The highest BCUT2D eigenvalue weighted by Crippen LogP contribution is 2.02. The second-order valence-electron chi connectivity index (χ2n) is 3.19. The largest absolute Gasteiger partial charge is 0.328 e. The molecule has 0 amide bonds. The number of rotatable bonds is 4. The van der Waals surface area contributed by atoms with Crippen LogP contribution in [-0.2, 0) is 6.42 Å². The Balaban J connectivity index is 2.25. The van der Waals surface area contributed by atoms with E-state index < -0.39 is 0 Å². The van der Waals surface area contributed by atoms with Crippen molar-refractivity contribution in [3.8, 4) is 0 Å². The lowest BCUT2D eigenvalue weighted by Crippen LogP contribution is -2.14. The van der Waals surface area contributed by atoms with E-state index in [4.69, 9.17) is 5.73 Å². The maximum absolute atomic E-state index is 5.64. The summed E-state index contributed by atoms with van der Waals surface area (Å²) in [4.78, 5) is 4.23. The van der Waals surface area contributed by atoms with Crippen molar-refractivity contribution in [3.05, 3.63) is 30.1 Å². The van der Waals surface area contributed by atoms with Crippen molar-refractivity contribution in [1.82, 2.24) is 4.98 Å². The van der Waals surface area contributed by atoms with Crippen molar-refractivity contribution in [1.29, 1.82) is 0 Å². The predicted molar refractivity (Wildman–Crippen MR) is 50.8 cm³/mol. The topological polar surface area (TPSA) is 38.9 Å². The summed E-state index contributed by atoms with van der Waals surface area (Å²) in [6.45, 7) is 2.04. The van der Waals surface area contributed by atoms with Crippen LogP contribution in [0.4, 0.5) is 0 Å². The van der Waals surface area contributed by atoms with Crippen LogP contribution < -0.4 is 5.73 Å². The maximum atomic E-state index is 5.64. The Bertz CT molecular complexity index is 206. The molecule has 66 valence electrons. The molecule has 0 spiro atoms. The van der Waals surface area contributed by atoms with Crippen LogP contribution in [0.3, 0.4) is 0 Å². The molecule has 2 N–H and O–H groups in total. The predicted octanol–water partition coefficient (Wildman–Crippen LogP) is 1.75. The molecule has 0 aromatic carbocycles. The van der Waals surface area contributed by atoms with Gasteiger partial charge in [-0.2, -0.15) is 0 Å². The van der Waals surface area contributed by atoms with Crippen LogP contribution >= 0.6 is 0 Å². The molecule has 1 rings (SSSR count). The first-order chi connectivity index (χ1) is 5.79. The fourth-order valence-corrected chi connectivity index (χ4v) is 1.15. The molecule has 0 fully saturated rings. The summed E-state index contributed by atoms with van der Waals surface area (Å²) < 4.78 is 0. The van der Waals surface area contributed by atoms with Crippen LogP contribution in [0.1, 0.15) is 25.5 Å². The SMILES string of the molecule is CC(N)CCCc1ccccn1. The van der Waals surface area contributed by atoms with Crippen LogP contribution in [0.15, 0.2) is 24.4 Å². The van der Waals surface area contributed by atoms with Crippen molar-refractivity contribution in [2.45, 2.75) is 32.2 Å². The lowest BCUT2D eigenvalue weighted by atomic mass is 10.1. The Morgan fingerprint density at radius 3 is 2.92 bits per heavy atom. The van der Waals surface area contributed by atoms with Gasteiger partial charge in [0.1, 0.15) is 0 Å². The van der Waals surface area contributed by atoms with Crippen molar-refractivity contribution < 1.29 is 0 Å². The van der Waals surface area contributed by atoms with Crippen LogP contribution in [0.5, 0.6) is 0 Å². The number of hydrogen-bond donors (Lipinski definition) is 1. The minimum atomic E-state index is 0.314. The second-order valence-corrected chi connectivity index (χ2v) is 3.19. The first-order valence-corrected chi connectivity index (χ1v) is 4.44. The molecule has 1 aromatic rings. The van der Waals surface area contributed by atoms with Crippen molar-refractivity contribution in [2.75, 3.05) is 0 Å². The zero-order chi connectivity index (χ0) is 8.81. The summed E-state index contributed by atoms with van der Waals surface area (Å²) in [5.41, 5.74) is 6.80. The maximum Gasteiger partial charge on any atom is 0.0403 e. The van der Waals surface area contributed by atoms with Gasteiger partial charge in [-0.1, -0.05) is 6.07 Å². The summed E-state index contributed by atoms with van der Waals surface area (Å²) in [6, 6.07) is 6.33. The van der Waals surface area contributed by atoms with Gasteiger partial charge in [-0.05, 0) is 38.3 Å². The Morgan fingerprint density at radius 2 is 2.33 bits per heavy atom. The summed E-state index contributed by atoms with van der Waals surface area (Å²) in [5, 5.41) is 0. The number of aromatic nitrogens is 1. The number of hydrogen-bond acceptors (Lipinski definition) is 2. The molecule has 0 bridgehead atoms. The molecule has 0 aliphatic carbocycles. The smallest absolute Gasteiger partial charge is 0.0403 e. The molecule has 1 unspecified atom stereocenters. The van der Waals surface area contributed by atoms with E-state index in [1.807, 2.05) is 25.3 Å². The van der Waals surface area contributed by atoms with Crippen molar-refractivity contribution in [3.63, 3.8) is 0 Å². The van der Waals surface area contributed by atoms with Gasteiger partial charge in [-0.25, -0.2) is 0 Å². The van der Waals surface area contributed by atoms with Gasteiger partial charge in [0.2, 0.25) is 0 Å². The standard InChI is InChI=1S/C10H16N2/c1-9(11)5-4-7-10-6-2-3-8-12-10/h2-3,6,8-9H,4-5,7,11H2,1H3. The number of aryl methyl sites for hydroxylation is 1. The Labute approximate surface area is 73.8 Å². The van der Waals surface area contributed by atoms with Gasteiger partial charge < -0.3 is 5.73 Å². The van der Waals surface area contributed by atoms with Gasteiger partial charge in [0.25, 0.3) is 0 Å². The molecule has 2 heteroatoms. The molecule has 0 saturated carbocycles. The van der Waals surface area contributed by atoms with E-state index >= 15 is 0 Å². The van der Waals surface area contributed by atoms with Gasteiger partial charge in [-0.15, -0.1) is 0 Å². The van der Waals surface area contributed by atoms with Gasteiger partial charge in [0.05, 0.1) is 0 Å². The first-order valence-electron chi connectivity index (χ1n) is 4.44. The quantitative estimate of drug-likeness (QED) is 0.736. The highest BCUT2D eigenvalue weighted by Gasteiger charge is 1.95. The second kappa shape index (κ2) is 4.88. The minimum absolute atomic E-state index is 0.314. The molecular weight excluding hydrogens is 148 g/mol. The van der Waals surface area contributed by atoms with E-state index in [2.05, 4.69) is 11.1 Å². The van der Waals surface area contributed by atoms with Gasteiger partial charge in [-0.3, -0.25) is 4.98 Å². The first kappa shape index (κ1) is 9.20. The minimum Gasteiger partial charge on any atom is -0.328 e. The van der Waals surface area contributed by atoms with E-state index in [-0.39, 0.29) is 0 Å². The zero-order valence-electron chi connectivity index (χ0n) is 7.53. The van der Waals surface area contributed by atoms with E-state index in [1.54, 1.807) is 0 Å². The molecule has 1 heterocycles. The number of nitrogens with zero attached hydrogens (tertiary/aromatic N) is 1. The molecule has 0 saturated heterocycles. The van der Waals surface area contributed by atoms with Gasteiger partial charge in [0, 0.05) is 17.9 Å². The fraction of sp³-hybridized carbons (Fsp3) is 0.500. The van der Waals surface area contributed by atoms with Gasteiger partial charge >= 0.3 is 0 Å². The molecule has 12 heavy (non-hydrogen) atoms. The molecule has 0 aliphatic heterocycles. The van der Waals surface area contributed by atoms with Crippen molar-refractivity contribution >= 4 is 0 Å². The average Bonchev–Trinajstić information content (AvgIpc) is 2.05. The monoisotopic (exact) mass is 164 g/mol. The highest BCUT2D eigenvalue weighted by molar-refractivity contribution is 5.03. The molecule has 0 aliphatic rings. The fourth-order valence-electron chi connectivity index (χ4n) is 1.15. The summed E-state index contributed by atoms with van der Waals surface area (Å²) in [5.74, 6) is 0. The van der Waals surface area contributed by atoms with E-state index in [1.165, 1.54) is 0 Å². The lowest BCUT2D eigenvalue weighted by Gasteiger charge is -2.03. The highest BCUT2D eigenvalue weighted by atomic mass is 14.7. The van der Waals surface area contributed by atoms with E-state index in [0.29, 0.717) is 6.04 Å². The molecule has 2 nitrogen and oxygen atoms in total. The van der Waals surface area contributed by atoms with Crippen LogP contribution in [-0.4, -0.2) is 11.0 Å². The normalized spacial score (nSPS) is 12.8. The van der Waals surface area contributed by atoms with E-state index in [9.17, 15) is 0 Å². The van der Waals surface area contributed by atoms with Crippen molar-refractivity contribution in [2.24, 2.45) is 5.73 Å². The summed E-state index contributed by atoms with van der Waals surface area (Å²) in [6.07, 6.45) is 5.09. The molecule has 1 atom stereocenters. The van der Waals surface area contributed by atoms with Crippen LogP contribution in [0, 0.1) is 0 Å². The number of pyridine rings is 1. The third kappa shape index (κ3) is 3.49. The summed E-state index contributed by atoms with van der Waals surface area (Å²) in [7, 11) is 0. The van der Waals surface area contributed by atoms with E-state index in [0.717, 1.165) is 25.0 Å². The van der Waals surface area contributed by atoms with Gasteiger partial charge in [0.15, 0.2) is 0 Å². The Kier molecular flexibility index (Phi) is 3.74. The summed E-state index contributed by atoms with van der Waals surface area (Å²) >= 11 is 0. The van der Waals surface area contributed by atoms with Crippen LogP contribution in [0.2, 0.25) is 0 Å². The Morgan fingerprint density at radius 1 is 1.50 bits per heavy atom. The van der Waals surface area contributed by atoms with Crippen LogP contribution in [0.25, 0.3) is 0 Å². The zero-order valence-corrected chi connectivity index (χ0v) is 7.53. The average molecular weight is 164 g/mol. The lowest BCUT2D eigenvalue weighted by molar-refractivity contribution is 0.620. The third-order valence-corrected chi connectivity index (χ3v) is 1.82. The molecule has 0 radical (unpaired) electrons. The Hall–Kier alpha value is -0.890. The molecule has 1 aromatic heterocycles. The number of nitrogens with two attached hydrogens (primary N) is 1. The third-order valence-electron chi connectivity index (χ3n) is 1.82.